The van der Waals surface area contributed by atoms with Gasteiger partial charge in [-0.2, -0.15) is 8.75 Å². The van der Waals surface area contributed by atoms with E-state index in [0.29, 0.717) is 18.8 Å². The molecule has 0 saturated heterocycles. The molecule has 0 aromatic carbocycles. The molecule has 2 rings (SSSR count). The molecule has 0 aliphatic rings. The number of amides is 2. The molecule has 0 spiro atoms. The Morgan fingerprint density at radius 1 is 1.23 bits per heavy atom. The van der Waals surface area contributed by atoms with Crippen molar-refractivity contribution in [3.8, 4) is 0 Å². The van der Waals surface area contributed by atoms with E-state index in [1.54, 1.807) is 11.6 Å². The Labute approximate surface area is 131 Å². The highest BCUT2D eigenvalue weighted by Gasteiger charge is 2.18. The predicted octanol–water partition coefficient (Wildman–Crippen LogP) is -0.339. The van der Waals surface area contributed by atoms with Crippen LogP contribution in [0.15, 0.2) is 0 Å². The Balaban J connectivity index is 2.02. The summed E-state index contributed by atoms with van der Waals surface area (Å²) in [4.78, 5) is 23.4. The predicted molar refractivity (Wildman–Crippen MR) is 79.5 cm³/mol. The van der Waals surface area contributed by atoms with Crippen LogP contribution >= 0.6 is 11.7 Å². The number of nitrogens with one attached hydrogen (secondary N) is 2. The first-order valence-electron chi connectivity index (χ1n) is 6.76. The number of aryl methyl sites for hydroxylation is 1. The maximum atomic E-state index is 12.0. The molecule has 0 radical (unpaired) electrons. The fourth-order valence-electron chi connectivity index (χ4n) is 1.76. The summed E-state index contributed by atoms with van der Waals surface area (Å²) < 4.78 is 9.86. The van der Waals surface area contributed by atoms with E-state index in [2.05, 4.69) is 29.7 Å². The fourth-order valence-corrected chi connectivity index (χ4v) is 2.32. The highest BCUT2D eigenvalue weighted by Crippen LogP contribution is 2.09. The maximum absolute atomic E-state index is 12.0. The molecule has 10 heteroatoms. The van der Waals surface area contributed by atoms with Crippen molar-refractivity contribution in [1.29, 1.82) is 0 Å². The Bertz CT molecular complexity index is 679. The van der Waals surface area contributed by atoms with Crippen LogP contribution in [-0.4, -0.2) is 48.6 Å². The molecule has 0 unspecified atom stereocenters. The van der Waals surface area contributed by atoms with Crippen molar-refractivity contribution in [1.82, 2.24) is 34.4 Å². The van der Waals surface area contributed by atoms with E-state index in [1.807, 2.05) is 13.8 Å². The highest BCUT2D eigenvalue weighted by atomic mass is 32.1. The summed E-state index contributed by atoms with van der Waals surface area (Å²) in [7, 11) is 0. The zero-order valence-electron chi connectivity index (χ0n) is 12.6. The van der Waals surface area contributed by atoms with Gasteiger partial charge in [0.05, 0.1) is 41.9 Å². The summed E-state index contributed by atoms with van der Waals surface area (Å²) in [6.45, 7) is 6.26. The Morgan fingerprint density at radius 2 is 2.00 bits per heavy atom. The zero-order valence-corrected chi connectivity index (χ0v) is 13.4. The zero-order chi connectivity index (χ0) is 16.1. The number of carbonyl (C=O) groups excluding carboxylic acids is 2. The molecule has 0 fully saturated rings. The lowest BCUT2D eigenvalue weighted by Crippen LogP contribution is -2.37. The molecule has 9 nitrogen and oxygen atoms in total. The van der Waals surface area contributed by atoms with E-state index >= 15 is 0 Å². The number of carbonyl (C=O) groups is 2. The molecule has 2 heterocycles. The molecular formula is C12H17N7O2S. The van der Waals surface area contributed by atoms with Gasteiger partial charge in [0, 0.05) is 6.54 Å². The van der Waals surface area contributed by atoms with Crippen molar-refractivity contribution < 1.29 is 9.59 Å². The van der Waals surface area contributed by atoms with Crippen molar-refractivity contribution in [3.63, 3.8) is 0 Å². The number of likely N-dealkylation sites (N-methyl/N-ethyl adjacent to an activating group) is 1. The number of rotatable bonds is 6. The van der Waals surface area contributed by atoms with Crippen LogP contribution in [0.25, 0.3) is 0 Å². The third kappa shape index (κ3) is 3.64. The second-order valence-electron chi connectivity index (χ2n) is 4.61. The molecule has 2 amide bonds. The molecule has 0 aliphatic carbocycles. The lowest BCUT2D eigenvalue weighted by Gasteiger charge is -2.04. The highest BCUT2D eigenvalue weighted by molar-refractivity contribution is 6.99. The Hall–Kier alpha value is -2.36. The van der Waals surface area contributed by atoms with Crippen LogP contribution in [0.4, 0.5) is 0 Å². The minimum Gasteiger partial charge on any atom is -0.355 e. The maximum Gasteiger partial charge on any atom is 0.274 e. The third-order valence-electron chi connectivity index (χ3n) is 3.03. The second kappa shape index (κ2) is 7.07. The van der Waals surface area contributed by atoms with Crippen molar-refractivity contribution in [2.45, 2.75) is 27.3 Å². The van der Waals surface area contributed by atoms with Gasteiger partial charge in [-0.1, -0.05) is 5.21 Å². The number of hydrogen-bond acceptors (Lipinski definition) is 7. The molecule has 2 aromatic rings. The van der Waals surface area contributed by atoms with Crippen molar-refractivity contribution >= 4 is 23.5 Å². The van der Waals surface area contributed by atoms with Crippen LogP contribution in [0, 0.1) is 13.8 Å². The van der Waals surface area contributed by atoms with Crippen molar-refractivity contribution in [2.24, 2.45) is 0 Å². The van der Waals surface area contributed by atoms with Gasteiger partial charge in [0.2, 0.25) is 5.91 Å². The van der Waals surface area contributed by atoms with Gasteiger partial charge in [-0.3, -0.25) is 9.59 Å². The normalized spacial score (nSPS) is 10.5. The van der Waals surface area contributed by atoms with E-state index in [1.165, 1.54) is 0 Å². The molecule has 22 heavy (non-hydrogen) atoms. The largest absolute Gasteiger partial charge is 0.355 e. The minimum atomic E-state index is -0.428. The summed E-state index contributed by atoms with van der Waals surface area (Å²) in [5.41, 5.74) is 2.44. The quantitative estimate of drug-likeness (QED) is 0.751. The monoisotopic (exact) mass is 323 g/mol. The summed E-state index contributed by atoms with van der Waals surface area (Å²) in [5.74, 6) is -0.673. The summed E-state index contributed by atoms with van der Waals surface area (Å²) >= 11 is 1.14. The van der Waals surface area contributed by atoms with Crippen LogP contribution in [0.2, 0.25) is 0 Å². The number of hydrogen-bond donors (Lipinski definition) is 2. The summed E-state index contributed by atoms with van der Waals surface area (Å²) in [5, 5.41) is 12.9. The van der Waals surface area contributed by atoms with E-state index in [9.17, 15) is 9.59 Å². The lowest BCUT2D eigenvalue weighted by molar-refractivity contribution is -0.120. The van der Waals surface area contributed by atoms with Gasteiger partial charge in [0.1, 0.15) is 0 Å². The molecule has 0 saturated carbocycles. The van der Waals surface area contributed by atoms with Crippen molar-refractivity contribution in [3.05, 3.63) is 22.8 Å². The molecule has 118 valence electrons. The van der Waals surface area contributed by atoms with Crippen LogP contribution < -0.4 is 10.6 Å². The topological polar surface area (TPSA) is 115 Å². The van der Waals surface area contributed by atoms with Gasteiger partial charge in [-0.05, 0) is 20.8 Å². The minimum absolute atomic E-state index is 0.0892. The first-order chi connectivity index (χ1) is 10.5. The van der Waals surface area contributed by atoms with Crippen LogP contribution in [0.5, 0.6) is 0 Å². The van der Waals surface area contributed by atoms with Gasteiger partial charge >= 0.3 is 0 Å². The van der Waals surface area contributed by atoms with Crippen LogP contribution in [0.3, 0.4) is 0 Å². The van der Waals surface area contributed by atoms with E-state index in [0.717, 1.165) is 23.1 Å². The molecular weight excluding hydrogens is 306 g/mol. The third-order valence-corrected chi connectivity index (χ3v) is 3.68. The van der Waals surface area contributed by atoms with Crippen LogP contribution in [-0.2, 0) is 11.3 Å². The SMILES string of the molecule is CCNC(=O)CNC(=O)c1nnn(Cc2nsnc2C)c1C. The lowest BCUT2D eigenvalue weighted by atomic mass is 10.3. The first kappa shape index (κ1) is 16.0. The molecule has 0 aliphatic heterocycles. The summed E-state index contributed by atoms with van der Waals surface area (Å²) in [6, 6.07) is 0. The van der Waals surface area contributed by atoms with Gasteiger partial charge in [0.15, 0.2) is 5.69 Å². The van der Waals surface area contributed by atoms with Gasteiger partial charge < -0.3 is 10.6 Å². The first-order valence-corrected chi connectivity index (χ1v) is 7.49. The van der Waals surface area contributed by atoms with Gasteiger partial charge in [-0.15, -0.1) is 5.10 Å². The fraction of sp³-hybridized carbons (Fsp3) is 0.500. The average molecular weight is 323 g/mol. The average Bonchev–Trinajstić information content (AvgIpc) is 3.05. The number of nitrogens with zero attached hydrogens (tertiary/aromatic N) is 5. The molecule has 2 N–H and O–H groups in total. The molecule has 2 aromatic heterocycles. The van der Waals surface area contributed by atoms with E-state index in [-0.39, 0.29) is 18.1 Å². The van der Waals surface area contributed by atoms with Crippen molar-refractivity contribution in [2.75, 3.05) is 13.1 Å². The van der Waals surface area contributed by atoms with Gasteiger partial charge in [0.25, 0.3) is 5.91 Å². The van der Waals surface area contributed by atoms with E-state index in [4.69, 9.17) is 0 Å². The molecule has 0 atom stereocenters. The number of aromatic nitrogens is 5. The van der Waals surface area contributed by atoms with E-state index < -0.39 is 5.91 Å². The Kier molecular flexibility index (Phi) is 5.15. The second-order valence-corrected chi connectivity index (χ2v) is 5.14. The standard InChI is InChI=1S/C12H17N7O2S/c1-4-13-10(20)5-14-12(21)11-8(3)19(18-15-11)6-9-7(2)16-22-17-9/h4-6H2,1-3H3,(H,13,20)(H,14,21). The summed E-state index contributed by atoms with van der Waals surface area (Å²) in [6.07, 6.45) is 0. The molecule has 0 bridgehead atoms. The van der Waals surface area contributed by atoms with Crippen LogP contribution in [0.1, 0.15) is 34.5 Å². The smallest absolute Gasteiger partial charge is 0.274 e. The van der Waals surface area contributed by atoms with Gasteiger partial charge in [-0.25, -0.2) is 4.68 Å². The Morgan fingerprint density at radius 3 is 2.64 bits per heavy atom.